The van der Waals surface area contributed by atoms with Crippen molar-refractivity contribution >= 4 is 48.5 Å². The molecular weight excluding hydrogens is 400 g/mol. The fourth-order valence-corrected chi connectivity index (χ4v) is 3.63. The summed E-state index contributed by atoms with van der Waals surface area (Å²) in [6, 6.07) is 13.7. The van der Waals surface area contributed by atoms with Gasteiger partial charge in [-0.3, -0.25) is 10.1 Å². The van der Waals surface area contributed by atoms with E-state index in [1.807, 2.05) is 30.3 Å². The molecular formula is C19H19BrN2O2S. The third kappa shape index (κ3) is 4.38. The van der Waals surface area contributed by atoms with Gasteiger partial charge in [0.15, 0.2) is 11.7 Å². The molecule has 130 valence electrons. The quantitative estimate of drug-likeness (QED) is 0.618. The zero-order chi connectivity index (χ0) is 18.0. The van der Waals surface area contributed by atoms with Gasteiger partial charge in [0.05, 0.1) is 14.7 Å². The summed E-state index contributed by atoms with van der Waals surface area (Å²) in [7, 11) is 0. The minimum Gasteiger partial charge on any atom is -0.483 e. The number of carbonyl (C=O) groups is 1. The third-order valence-electron chi connectivity index (χ3n) is 3.70. The second kappa shape index (κ2) is 7.14. The van der Waals surface area contributed by atoms with Crippen LogP contribution in [-0.2, 0) is 10.2 Å². The van der Waals surface area contributed by atoms with Crippen molar-refractivity contribution in [2.24, 2.45) is 0 Å². The van der Waals surface area contributed by atoms with Gasteiger partial charge in [0, 0.05) is 0 Å². The van der Waals surface area contributed by atoms with E-state index in [0.717, 1.165) is 14.7 Å². The number of carbonyl (C=O) groups excluding carboxylic acids is 1. The standard InChI is InChI=1S/C19H19BrN2O2S/c1-19(2,3)12-8-9-14-16(10-12)25-18(21-14)22-17(23)11-24-15-7-5-4-6-13(15)20/h4-10H,11H2,1-3H3,(H,21,22,23). The van der Waals surface area contributed by atoms with E-state index in [4.69, 9.17) is 4.74 Å². The number of nitrogens with one attached hydrogen (secondary N) is 1. The molecule has 0 aliphatic carbocycles. The van der Waals surface area contributed by atoms with Crippen molar-refractivity contribution in [2.75, 3.05) is 11.9 Å². The van der Waals surface area contributed by atoms with Crippen molar-refractivity contribution in [1.82, 2.24) is 4.98 Å². The summed E-state index contributed by atoms with van der Waals surface area (Å²) in [4.78, 5) is 16.6. The second-order valence-electron chi connectivity index (χ2n) is 6.72. The fraction of sp³-hybridized carbons (Fsp3) is 0.263. The van der Waals surface area contributed by atoms with Crippen LogP contribution in [0.4, 0.5) is 5.13 Å². The predicted octanol–water partition coefficient (Wildman–Crippen LogP) is 5.37. The molecule has 0 bridgehead atoms. The van der Waals surface area contributed by atoms with Crippen LogP contribution in [0.15, 0.2) is 46.9 Å². The van der Waals surface area contributed by atoms with Crippen molar-refractivity contribution in [3.8, 4) is 5.75 Å². The van der Waals surface area contributed by atoms with Crippen LogP contribution in [-0.4, -0.2) is 17.5 Å². The molecule has 1 amide bonds. The molecule has 0 fully saturated rings. The molecule has 1 aromatic heterocycles. The maximum Gasteiger partial charge on any atom is 0.264 e. The molecule has 2 aromatic carbocycles. The Kier molecular flexibility index (Phi) is 5.11. The number of aromatic nitrogens is 1. The Balaban J connectivity index is 1.68. The number of ether oxygens (including phenoxy) is 1. The van der Waals surface area contributed by atoms with Crippen LogP contribution >= 0.6 is 27.3 Å². The lowest BCUT2D eigenvalue weighted by Crippen LogP contribution is -2.20. The van der Waals surface area contributed by atoms with Crippen LogP contribution in [0, 0.1) is 0 Å². The number of benzene rings is 2. The Labute approximate surface area is 159 Å². The minimum absolute atomic E-state index is 0.0637. The zero-order valence-electron chi connectivity index (χ0n) is 14.3. The van der Waals surface area contributed by atoms with Gasteiger partial charge in [0.1, 0.15) is 5.75 Å². The van der Waals surface area contributed by atoms with E-state index < -0.39 is 0 Å². The molecule has 25 heavy (non-hydrogen) atoms. The van der Waals surface area contributed by atoms with Gasteiger partial charge in [-0.1, -0.05) is 50.3 Å². The Morgan fingerprint density at radius 2 is 2.00 bits per heavy atom. The molecule has 0 saturated heterocycles. The van der Waals surface area contributed by atoms with Crippen LogP contribution in [0.5, 0.6) is 5.75 Å². The third-order valence-corrected chi connectivity index (χ3v) is 5.28. The van der Waals surface area contributed by atoms with Crippen LogP contribution in [0.1, 0.15) is 26.3 Å². The highest BCUT2D eigenvalue weighted by Crippen LogP contribution is 2.31. The fourth-order valence-electron chi connectivity index (χ4n) is 2.31. The van der Waals surface area contributed by atoms with Crippen LogP contribution in [0.3, 0.4) is 0 Å². The average molecular weight is 419 g/mol. The van der Waals surface area contributed by atoms with E-state index in [0.29, 0.717) is 10.9 Å². The summed E-state index contributed by atoms with van der Waals surface area (Å²) in [5, 5.41) is 3.39. The number of hydrogen-bond acceptors (Lipinski definition) is 4. The van der Waals surface area contributed by atoms with Gasteiger partial charge in [-0.15, -0.1) is 0 Å². The average Bonchev–Trinajstić information content (AvgIpc) is 2.94. The summed E-state index contributed by atoms with van der Waals surface area (Å²) in [6.07, 6.45) is 0. The van der Waals surface area contributed by atoms with Gasteiger partial charge < -0.3 is 4.74 Å². The summed E-state index contributed by atoms with van der Waals surface area (Å²) in [5.74, 6) is 0.405. The number of para-hydroxylation sites is 1. The Hall–Kier alpha value is -1.92. The number of fused-ring (bicyclic) bond motifs is 1. The van der Waals surface area contributed by atoms with Gasteiger partial charge in [-0.05, 0) is 51.2 Å². The molecule has 3 aromatic rings. The SMILES string of the molecule is CC(C)(C)c1ccc2nc(NC(=O)COc3ccccc3Br)sc2c1. The highest BCUT2D eigenvalue weighted by Gasteiger charge is 2.16. The number of halogens is 1. The number of hydrogen-bond donors (Lipinski definition) is 1. The first kappa shape index (κ1) is 17.9. The van der Waals surface area contributed by atoms with E-state index in [-0.39, 0.29) is 17.9 Å². The van der Waals surface area contributed by atoms with E-state index >= 15 is 0 Å². The van der Waals surface area contributed by atoms with Crippen molar-refractivity contribution in [2.45, 2.75) is 26.2 Å². The molecule has 0 saturated carbocycles. The summed E-state index contributed by atoms with van der Waals surface area (Å²) >= 11 is 4.87. The molecule has 6 heteroatoms. The molecule has 0 unspecified atom stereocenters. The van der Waals surface area contributed by atoms with Gasteiger partial charge in [0.2, 0.25) is 0 Å². The molecule has 0 spiro atoms. The van der Waals surface area contributed by atoms with Crippen LogP contribution in [0.2, 0.25) is 0 Å². The summed E-state index contributed by atoms with van der Waals surface area (Å²) in [6.45, 7) is 6.47. The monoisotopic (exact) mass is 418 g/mol. The Morgan fingerprint density at radius 3 is 2.72 bits per heavy atom. The van der Waals surface area contributed by atoms with E-state index in [1.54, 1.807) is 0 Å². The van der Waals surface area contributed by atoms with Gasteiger partial charge in [-0.25, -0.2) is 4.98 Å². The highest BCUT2D eigenvalue weighted by molar-refractivity contribution is 9.10. The number of anilines is 1. The highest BCUT2D eigenvalue weighted by atomic mass is 79.9. The normalized spacial score (nSPS) is 11.5. The molecule has 0 aliphatic rings. The largest absolute Gasteiger partial charge is 0.483 e. The topological polar surface area (TPSA) is 51.2 Å². The Bertz CT molecular complexity index is 915. The first-order valence-electron chi connectivity index (χ1n) is 7.91. The van der Waals surface area contributed by atoms with Crippen molar-refractivity contribution in [1.29, 1.82) is 0 Å². The minimum atomic E-state index is -0.231. The van der Waals surface area contributed by atoms with Gasteiger partial charge >= 0.3 is 0 Å². The van der Waals surface area contributed by atoms with Crippen molar-refractivity contribution < 1.29 is 9.53 Å². The Morgan fingerprint density at radius 1 is 1.24 bits per heavy atom. The first-order chi connectivity index (χ1) is 11.8. The van der Waals surface area contributed by atoms with Gasteiger partial charge in [-0.2, -0.15) is 0 Å². The number of nitrogens with zero attached hydrogens (tertiary/aromatic N) is 1. The molecule has 4 nitrogen and oxygen atoms in total. The molecule has 1 N–H and O–H groups in total. The summed E-state index contributed by atoms with van der Waals surface area (Å²) in [5.41, 5.74) is 2.22. The molecule has 3 rings (SSSR count). The van der Waals surface area contributed by atoms with E-state index in [1.165, 1.54) is 16.9 Å². The molecule has 0 aliphatic heterocycles. The maximum absolute atomic E-state index is 12.1. The van der Waals surface area contributed by atoms with E-state index in [2.05, 4.69) is 59.1 Å². The molecule has 0 radical (unpaired) electrons. The lowest BCUT2D eigenvalue weighted by atomic mass is 9.87. The molecule has 1 heterocycles. The number of rotatable bonds is 4. The lowest BCUT2D eigenvalue weighted by molar-refractivity contribution is -0.118. The second-order valence-corrected chi connectivity index (χ2v) is 8.60. The predicted molar refractivity (Wildman–Crippen MR) is 107 cm³/mol. The van der Waals surface area contributed by atoms with Crippen molar-refractivity contribution in [3.05, 3.63) is 52.5 Å². The lowest BCUT2D eigenvalue weighted by Gasteiger charge is -2.18. The maximum atomic E-state index is 12.1. The molecule has 0 atom stereocenters. The van der Waals surface area contributed by atoms with Crippen LogP contribution in [0.25, 0.3) is 10.2 Å². The first-order valence-corrected chi connectivity index (χ1v) is 9.52. The van der Waals surface area contributed by atoms with E-state index in [9.17, 15) is 4.79 Å². The summed E-state index contributed by atoms with van der Waals surface area (Å²) < 4.78 is 7.41. The number of thiazole rings is 1. The number of amides is 1. The van der Waals surface area contributed by atoms with Crippen LogP contribution < -0.4 is 10.1 Å². The van der Waals surface area contributed by atoms with Crippen molar-refractivity contribution in [3.63, 3.8) is 0 Å². The van der Waals surface area contributed by atoms with Gasteiger partial charge in [0.25, 0.3) is 5.91 Å². The zero-order valence-corrected chi connectivity index (χ0v) is 16.7. The smallest absolute Gasteiger partial charge is 0.264 e.